The molecule has 1 atom stereocenters. The topological polar surface area (TPSA) is 69.1 Å². The predicted molar refractivity (Wildman–Crippen MR) is 104 cm³/mol. The standard InChI is InChI=1S/C21H26N2O4/c1-4-13-27-21(25)17-7-9-18(10-8-17)22-20(24)15-23(2)14-16-5-11-19(26-3)12-6-16/h5-12H,4,13-15H2,1-3H3,(H,22,24)/p+1. The molecule has 0 saturated heterocycles. The fourth-order valence-electron chi connectivity index (χ4n) is 2.60. The molecule has 2 aromatic rings. The first-order valence-electron chi connectivity index (χ1n) is 9.03. The Hall–Kier alpha value is -2.86. The van der Waals surface area contributed by atoms with Gasteiger partial charge in [-0.05, 0) is 55.0 Å². The van der Waals surface area contributed by atoms with E-state index in [1.807, 2.05) is 38.2 Å². The smallest absolute Gasteiger partial charge is 0.338 e. The van der Waals surface area contributed by atoms with Crippen LogP contribution in [-0.2, 0) is 16.1 Å². The lowest BCUT2D eigenvalue weighted by atomic mass is 10.2. The third-order valence-corrected chi connectivity index (χ3v) is 3.97. The zero-order chi connectivity index (χ0) is 19.6. The molecule has 0 fully saturated rings. The molecule has 1 amide bonds. The van der Waals surface area contributed by atoms with Gasteiger partial charge in [-0.15, -0.1) is 0 Å². The summed E-state index contributed by atoms with van der Waals surface area (Å²) >= 11 is 0. The van der Waals surface area contributed by atoms with Crippen molar-refractivity contribution in [2.75, 3.05) is 32.6 Å². The second-order valence-electron chi connectivity index (χ2n) is 6.42. The molecule has 0 saturated carbocycles. The number of hydrogen-bond acceptors (Lipinski definition) is 4. The zero-order valence-corrected chi connectivity index (χ0v) is 16.1. The SMILES string of the molecule is CCCOC(=O)c1ccc(NC(=O)C[NH+](C)Cc2ccc(OC)cc2)cc1. The summed E-state index contributed by atoms with van der Waals surface area (Å²) in [5.41, 5.74) is 2.27. The van der Waals surface area contributed by atoms with Crippen molar-refractivity contribution < 1.29 is 24.0 Å². The van der Waals surface area contributed by atoms with Crippen molar-refractivity contribution in [3.05, 3.63) is 59.7 Å². The van der Waals surface area contributed by atoms with Crippen molar-refractivity contribution in [1.82, 2.24) is 0 Å². The van der Waals surface area contributed by atoms with E-state index >= 15 is 0 Å². The predicted octanol–water partition coefficient (Wildman–Crippen LogP) is 1.92. The minimum absolute atomic E-state index is 0.0812. The van der Waals surface area contributed by atoms with Crippen LogP contribution in [0.25, 0.3) is 0 Å². The van der Waals surface area contributed by atoms with Gasteiger partial charge in [0.2, 0.25) is 0 Å². The average Bonchev–Trinajstić information content (AvgIpc) is 2.67. The van der Waals surface area contributed by atoms with E-state index in [4.69, 9.17) is 9.47 Å². The van der Waals surface area contributed by atoms with Gasteiger partial charge in [0.25, 0.3) is 5.91 Å². The lowest BCUT2D eigenvalue weighted by Gasteiger charge is -2.14. The molecule has 2 aromatic carbocycles. The Bertz CT molecular complexity index is 742. The maximum Gasteiger partial charge on any atom is 0.338 e. The number of likely N-dealkylation sites (N-methyl/N-ethyl adjacent to an activating group) is 1. The second-order valence-corrected chi connectivity index (χ2v) is 6.42. The Labute approximate surface area is 160 Å². The molecule has 2 N–H and O–H groups in total. The Balaban J connectivity index is 1.82. The van der Waals surface area contributed by atoms with Gasteiger partial charge in [-0.3, -0.25) is 4.79 Å². The van der Waals surface area contributed by atoms with Crippen LogP contribution in [0.3, 0.4) is 0 Å². The highest BCUT2D eigenvalue weighted by molar-refractivity contribution is 5.93. The summed E-state index contributed by atoms with van der Waals surface area (Å²) in [7, 11) is 3.61. The van der Waals surface area contributed by atoms with E-state index in [1.165, 1.54) is 0 Å². The van der Waals surface area contributed by atoms with Crippen molar-refractivity contribution in [2.24, 2.45) is 0 Å². The summed E-state index contributed by atoms with van der Waals surface area (Å²) in [6.45, 7) is 3.42. The Morgan fingerprint density at radius 1 is 1.04 bits per heavy atom. The van der Waals surface area contributed by atoms with Crippen LogP contribution in [0, 0.1) is 0 Å². The van der Waals surface area contributed by atoms with E-state index in [1.54, 1.807) is 31.4 Å². The number of ether oxygens (including phenoxy) is 2. The van der Waals surface area contributed by atoms with Crippen molar-refractivity contribution in [1.29, 1.82) is 0 Å². The highest BCUT2D eigenvalue weighted by atomic mass is 16.5. The van der Waals surface area contributed by atoms with Gasteiger partial charge in [0.05, 0.1) is 26.3 Å². The number of anilines is 1. The molecule has 6 nitrogen and oxygen atoms in total. The minimum atomic E-state index is -0.349. The maximum atomic E-state index is 12.2. The molecule has 0 heterocycles. The molecule has 0 aromatic heterocycles. The van der Waals surface area contributed by atoms with Gasteiger partial charge in [-0.1, -0.05) is 6.92 Å². The summed E-state index contributed by atoms with van der Waals surface area (Å²) in [4.78, 5) is 25.1. The monoisotopic (exact) mass is 371 g/mol. The number of esters is 1. The Morgan fingerprint density at radius 2 is 1.70 bits per heavy atom. The number of amides is 1. The van der Waals surface area contributed by atoms with Crippen molar-refractivity contribution in [3.8, 4) is 5.75 Å². The average molecular weight is 371 g/mol. The lowest BCUT2D eigenvalue weighted by Crippen LogP contribution is -3.08. The van der Waals surface area contributed by atoms with Crippen LogP contribution in [0.1, 0.15) is 29.3 Å². The number of carbonyl (C=O) groups is 2. The molecule has 0 radical (unpaired) electrons. The molecule has 0 bridgehead atoms. The van der Waals surface area contributed by atoms with Gasteiger partial charge in [0, 0.05) is 11.3 Å². The van der Waals surface area contributed by atoms with Crippen LogP contribution in [0.4, 0.5) is 5.69 Å². The fraction of sp³-hybridized carbons (Fsp3) is 0.333. The summed E-state index contributed by atoms with van der Waals surface area (Å²) in [6.07, 6.45) is 0.784. The molecule has 2 rings (SSSR count). The summed E-state index contributed by atoms with van der Waals surface area (Å²) in [5, 5.41) is 2.85. The maximum absolute atomic E-state index is 12.2. The number of benzene rings is 2. The first-order valence-corrected chi connectivity index (χ1v) is 9.03. The van der Waals surface area contributed by atoms with Crippen LogP contribution < -0.4 is 15.0 Å². The zero-order valence-electron chi connectivity index (χ0n) is 16.1. The number of quaternary nitrogens is 1. The van der Waals surface area contributed by atoms with Gasteiger partial charge in [0.1, 0.15) is 12.3 Å². The normalized spacial score (nSPS) is 11.5. The first kappa shape index (κ1) is 20.5. The van der Waals surface area contributed by atoms with E-state index in [0.717, 1.165) is 29.2 Å². The molecule has 1 unspecified atom stereocenters. The second kappa shape index (κ2) is 10.3. The number of hydrogen-bond donors (Lipinski definition) is 2. The lowest BCUT2D eigenvalue weighted by molar-refractivity contribution is -0.885. The van der Waals surface area contributed by atoms with Gasteiger partial charge in [-0.2, -0.15) is 0 Å². The number of rotatable bonds is 9. The van der Waals surface area contributed by atoms with Gasteiger partial charge < -0.3 is 19.7 Å². The summed E-state index contributed by atoms with van der Waals surface area (Å²) < 4.78 is 10.2. The molecule has 0 aliphatic rings. The van der Waals surface area contributed by atoms with Crippen LogP contribution >= 0.6 is 0 Å². The highest BCUT2D eigenvalue weighted by Gasteiger charge is 2.12. The van der Waals surface area contributed by atoms with E-state index in [0.29, 0.717) is 24.4 Å². The van der Waals surface area contributed by atoms with Crippen LogP contribution in [0.2, 0.25) is 0 Å². The fourth-order valence-corrected chi connectivity index (χ4v) is 2.60. The van der Waals surface area contributed by atoms with Crippen LogP contribution in [0.5, 0.6) is 5.75 Å². The quantitative estimate of drug-likeness (QED) is 0.661. The third kappa shape index (κ3) is 6.75. The molecule has 0 spiro atoms. The van der Waals surface area contributed by atoms with Crippen LogP contribution in [-0.4, -0.2) is 39.2 Å². The van der Waals surface area contributed by atoms with Gasteiger partial charge >= 0.3 is 5.97 Å². The Morgan fingerprint density at radius 3 is 2.30 bits per heavy atom. The van der Waals surface area contributed by atoms with Crippen molar-refractivity contribution >= 4 is 17.6 Å². The van der Waals surface area contributed by atoms with E-state index < -0.39 is 0 Å². The number of carbonyl (C=O) groups excluding carboxylic acids is 2. The van der Waals surface area contributed by atoms with Crippen molar-refractivity contribution in [2.45, 2.75) is 19.9 Å². The molecule has 0 aliphatic carbocycles. The largest absolute Gasteiger partial charge is 0.497 e. The first-order chi connectivity index (χ1) is 13.0. The third-order valence-electron chi connectivity index (χ3n) is 3.97. The van der Waals surface area contributed by atoms with Crippen molar-refractivity contribution in [3.63, 3.8) is 0 Å². The number of methoxy groups -OCH3 is 1. The van der Waals surface area contributed by atoms with Crippen LogP contribution in [0.15, 0.2) is 48.5 Å². The molecular weight excluding hydrogens is 344 g/mol. The molecule has 27 heavy (non-hydrogen) atoms. The van der Waals surface area contributed by atoms with E-state index in [-0.39, 0.29) is 11.9 Å². The van der Waals surface area contributed by atoms with Gasteiger partial charge in [-0.25, -0.2) is 4.79 Å². The van der Waals surface area contributed by atoms with E-state index in [2.05, 4.69) is 5.32 Å². The number of nitrogens with one attached hydrogen (secondary N) is 2. The highest BCUT2D eigenvalue weighted by Crippen LogP contribution is 2.11. The molecule has 144 valence electrons. The Kier molecular flexibility index (Phi) is 7.82. The minimum Gasteiger partial charge on any atom is -0.497 e. The van der Waals surface area contributed by atoms with E-state index in [9.17, 15) is 9.59 Å². The molecule has 0 aliphatic heterocycles. The van der Waals surface area contributed by atoms with Gasteiger partial charge in [0.15, 0.2) is 6.54 Å². The molecular formula is C21H27N2O4+. The summed E-state index contributed by atoms with van der Waals surface area (Å²) in [5.74, 6) is 0.386. The molecule has 6 heteroatoms. The summed E-state index contributed by atoms with van der Waals surface area (Å²) in [6, 6.07) is 14.5.